The van der Waals surface area contributed by atoms with E-state index < -0.39 is 0 Å². The van der Waals surface area contributed by atoms with Gasteiger partial charge in [-0.05, 0) is 5.56 Å². The molecule has 2 fully saturated rings. The molecule has 0 aliphatic carbocycles. The summed E-state index contributed by atoms with van der Waals surface area (Å²) in [5.41, 5.74) is 1.33. The number of hydrogen-bond donors (Lipinski definition) is 0. The Morgan fingerprint density at radius 3 is 2.62 bits per heavy atom. The first-order valence-electron chi connectivity index (χ1n) is 8.34. The molecular weight excluding hydrogens is 304 g/mol. The van der Waals surface area contributed by atoms with Crippen LogP contribution in [0.5, 0.6) is 5.75 Å². The van der Waals surface area contributed by atoms with Crippen molar-refractivity contribution in [3.63, 3.8) is 0 Å². The molecule has 2 saturated heterocycles. The van der Waals surface area contributed by atoms with Crippen LogP contribution in [0.25, 0.3) is 0 Å². The quantitative estimate of drug-likeness (QED) is 0.856. The molecule has 24 heavy (non-hydrogen) atoms. The molecule has 2 aliphatic heterocycles. The molecule has 0 spiro atoms. The van der Waals surface area contributed by atoms with Gasteiger partial charge < -0.3 is 14.4 Å². The van der Waals surface area contributed by atoms with Crippen molar-refractivity contribution < 1.29 is 9.47 Å². The highest BCUT2D eigenvalue weighted by molar-refractivity contribution is 5.33. The summed E-state index contributed by atoms with van der Waals surface area (Å²) in [7, 11) is 1.63. The van der Waals surface area contributed by atoms with Gasteiger partial charge in [-0.25, -0.2) is 9.97 Å². The summed E-state index contributed by atoms with van der Waals surface area (Å²) in [6.07, 6.45) is 3.44. The van der Waals surface area contributed by atoms with E-state index in [1.807, 2.05) is 0 Å². The van der Waals surface area contributed by atoms with Crippen LogP contribution in [0.4, 0.5) is 5.95 Å². The minimum absolute atomic E-state index is 0.337. The third kappa shape index (κ3) is 2.95. The molecule has 4 rings (SSSR count). The van der Waals surface area contributed by atoms with Crippen molar-refractivity contribution in [2.75, 3.05) is 44.9 Å². The van der Waals surface area contributed by atoms with Gasteiger partial charge in [0.1, 0.15) is 0 Å². The van der Waals surface area contributed by atoms with E-state index in [0.717, 1.165) is 38.8 Å². The van der Waals surface area contributed by atoms with Gasteiger partial charge in [0.25, 0.3) is 0 Å². The van der Waals surface area contributed by atoms with Crippen molar-refractivity contribution in [1.82, 2.24) is 14.9 Å². The summed E-state index contributed by atoms with van der Waals surface area (Å²) >= 11 is 0. The number of hydrogen-bond acceptors (Lipinski definition) is 6. The second-order valence-electron chi connectivity index (χ2n) is 6.22. The zero-order chi connectivity index (χ0) is 16.4. The number of rotatable bonds is 3. The fraction of sp³-hybridized carbons (Fsp3) is 0.444. The number of morpholine rings is 1. The third-order valence-electron chi connectivity index (χ3n) is 4.83. The van der Waals surface area contributed by atoms with E-state index in [9.17, 15) is 0 Å². The summed E-state index contributed by atoms with van der Waals surface area (Å²) in [4.78, 5) is 13.6. The van der Waals surface area contributed by atoms with Crippen LogP contribution in [0.1, 0.15) is 11.6 Å². The molecule has 1 aromatic heterocycles. The Labute approximate surface area is 142 Å². The number of fused-ring (bicyclic) bond motifs is 1. The standard InChI is InChI=1S/C18H22N4O2/c1-23-16-9-19-18(20-10-16)21-7-8-22-15(11-21)12-24-13-17(22)14-5-3-2-4-6-14/h2-6,9-10,15,17H,7-8,11-13H2,1H3/t15-,17-/m1/s1. The van der Waals surface area contributed by atoms with Crippen molar-refractivity contribution in [1.29, 1.82) is 0 Å². The molecule has 0 bridgehead atoms. The highest BCUT2D eigenvalue weighted by atomic mass is 16.5. The van der Waals surface area contributed by atoms with E-state index in [-0.39, 0.29) is 0 Å². The second kappa shape index (κ2) is 6.75. The molecule has 2 aromatic rings. The lowest BCUT2D eigenvalue weighted by Crippen LogP contribution is -2.59. The number of ether oxygens (including phenoxy) is 2. The molecule has 0 amide bonds. The normalized spacial score (nSPS) is 24.5. The molecule has 6 nitrogen and oxygen atoms in total. The lowest BCUT2D eigenvalue weighted by Gasteiger charge is -2.48. The number of benzene rings is 1. The van der Waals surface area contributed by atoms with E-state index in [1.165, 1.54) is 5.56 Å². The first-order valence-corrected chi connectivity index (χ1v) is 8.34. The van der Waals surface area contributed by atoms with Gasteiger partial charge in [-0.15, -0.1) is 0 Å². The van der Waals surface area contributed by atoms with Crippen LogP contribution in [0.15, 0.2) is 42.7 Å². The topological polar surface area (TPSA) is 50.7 Å². The number of aromatic nitrogens is 2. The zero-order valence-corrected chi connectivity index (χ0v) is 13.8. The second-order valence-corrected chi connectivity index (χ2v) is 6.22. The van der Waals surface area contributed by atoms with Gasteiger partial charge >= 0.3 is 0 Å². The number of piperazine rings is 1. The molecule has 0 N–H and O–H groups in total. The minimum Gasteiger partial charge on any atom is -0.494 e. The van der Waals surface area contributed by atoms with Gasteiger partial charge in [0.15, 0.2) is 5.75 Å². The van der Waals surface area contributed by atoms with Gasteiger partial charge in [-0.2, -0.15) is 0 Å². The van der Waals surface area contributed by atoms with Crippen LogP contribution in [0, 0.1) is 0 Å². The van der Waals surface area contributed by atoms with Crippen LogP contribution >= 0.6 is 0 Å². The van der Waals surface area contributed by atoms with E-state index in [4.69, 9.17) is 9.47 Å². The lowest BCUT2D eigenvalue weighted by molar-refractivity contribution is -0.0548. The minimum atomic E-state index is 0.337. The first-order chi connectivity index (χ1) is 11.8. The molecule has 0 saturated carbocycles. The molecule has 0 unspecified atom stereocenters. The van der Waals surface area contributed by atoms with Gasteiger partial charge in [-0.3, -0.25) is 4.90 Å². The van der Waals surface area contributed by atoms with Crippen molar-refractivity contribution in [3.05, 3.63) is 48.3 Å². The third-order valence-corrected chi connectivity index (χ3v) is 4.83. The Hall–Kier alpha value is -2.18. The molecular formula is C18H22N4O2. The largest absolute Gasteiger partial charge is 0.494 e. The molecule has 3 heterocycles. The zero-order valence-electron chi connectivity index (χ0n) is 13.8. The molecule has 0 radical (unpaired) electrons. The Morgan fingerprint density at radius 2 is 1.88 bits per heavy atom. The van der Waals surface area contributed by atoms with Crippen LogP contribution in [0.3, 0.4) is 0 Å². The first kappa shape index (κ1) is 15.4. The summed E-state index contributed by atoms with van der Waals surface area (Å²) in [5, 5.41) is 0. The Bertz CT molecular complexity index is 664. The Morgan fingerprint density at radius 1 is 1.08 bits per heavy atom. The summed E-state index contributed by atoms with van der Waals surface area (Å²) in [5.74, 6) is 1.44. The highest BCUT2D eigenvalue weighted by Gasteiger charge is 2.36. The van der Waals surface area contributed by atoms with Crippen LogP contribution < -0.4 is 9.64 Å². The lowest BCUT2D eigenvalue weighted by atomic mass is 10.0. The highest BCUT2D eigenvalue weighted by Crippen LogP contribution is 2.30. The predicted molar refractivity (Wildman–Crippen MR) is 91.3 cm³/mol. The van der Waals surface area contributed by atoms with E-state index in [2.05, 4.69) is 50.1 Å². The molecule has 6 heteroatoms. The van der Waals surface area contributed by atoms with Crippen LogP contribution in [-0.2, 0) is 4.74 Å². The summed E-state index contributed by atoms with van der Waals surface area (Å²) < 4.78 is 11.0. The molecule has 1 aromatic carbocycles. The average Bonchev–Trinajstić information content (AvgIpc) is 2.68. The van der Waals surface area contributed by atoms with Crippen molar-refractivity contribution >= 4 is 5.95 Å². The van der Waals surface area contributed by atoms with Gasteiger partial charge in [0.2, 0.25) is 5.95 Å². The van der Waals surface area contributed by atoms with Crippen molar-refractivity contribution in [3.8, 4) is 5.75 Å². The van der Waals surface area contributed by atoms with Gasteiger partial charge in [0.05, 0.1) is 44.8 Å². The Kier molecular flexibility index (Phi) is 4.32. The fourth-order valence-corrected chi connectivity index (χ4v) is 3.56. The smallest absolute Gasteiger partial charge is 0.225 e. The van der Waals surface area contributed by atoms with Crippen molar-refractivity contribution in [2.45, 2.75) is 12.1 Å². The van der Waals surface area contributed by atoms with E-state index >= 15 is 0 Å². The molecule has 2 aliphatic rings. The number of anilines is 1. The average molecular weight is 326 g/mol. The van der Waals surface area contributed by atoms with Crippen LogP contribution in [0.2, 0.25) is 0 Å². The van der Waals surface area contributed by atoms with Crippen molar-refractivity contribution in [2.24, 2.45) is 0 Å². The van der Waals surface area contributed by atoms with E-state index in [1.54, 1.807) is 19.5 Å². The maximum atomic E-state index is 5.90. The van der Waals surface area contributed by atoms with Crippen LogP contribution in [-0.4, -0.2) is 60.9 Å². The summed E-state index contributed by atoms with van der Waals surface area (Å²) in [6, 6.07) is 11.3. The summed E-state index contributed by atoms with van der Waals surface area (Å²) in [6.45, 7) is 4.32. The number of nitrogens with zero attached hydrogens (tertiary/aromatic N) is 4. The maximum Gasteiger partial charge on any atom is 0.225 e. The van der Waals surface area contributed by atoms with Gasteiger partial charge in [-0.1, -0.05) is 30.3 Å². The molecule has 2 atom stereocenters. The van der Waals surface area contributed by atoms with E-state index in [0.29, 0.717) is 17.8 Å². The Balaban J connectivity index is 1.49. The number of methoxy groups -OCH3 is 1. The predicted octanol–water partition coefficient (Wildman–Crippen LogP) is 1.75. The van der Waals surface area contributed by atoms with Gasteiger partial charge in [0, 0.05) is 19.6 Å². The molecule has 126 valence electrons. The maximum absolute atomic E-state index is 5.90. The monoisotopic (exact) mass is 326 g/mol. The SMILES string of the molecule is COc1cnc(N2CCN3[C@@H](COC[C@@H]3c3ccccc3)C2)nc1. The fourth-order valence-electron chi connectivity index (χ4n) is 3.56.